The highest BCUT2D eigenvalue weighted by Gasteiger charge is 2.45. The van der Waals surface area contributed by atoms with Gasteiger partial charge in [-0.05, 0) is 31.4 Å². The zero-order valence-corrected chi connectivity index (χ0v) is 12.1. The number of benzene rings is 1. The van der Waals surface area contributed by atoms with Crippen molar-refractivity contribution in [2.24, 2.45) is 5.92 Å². The van der Waals surface area contributed by atoms with E-state index in [-0.39, 0.29) is 0 Å². The average Bonchev–Trinajstić information content (AvgIpc) is 3.19. The van der Waals surface area contributed by atoms with Gasteiger partial charge in [0, 0.05) is 23.9 Å². The minimum atomic E-state index is 0.378. The van der Waals surface area contributed by atoms with Crippen LogP contribution in [0.5, 0.6) is 5.75 Å². The van der Waals surface area contributed by atoms with Crippen molar-refractivity contribution in [3.8, 4) is 5.75 Å². The van der Waals surface area contributed by atoms with Crippen LogP contribution in [0.15, 0.2) is 18.2 Å². The smallest absolute Gasteiger partial charge is 0.127 e. The molecule has 3 nitrogen and oxygen atoms in total. The van der Waals surface area contributed by atoms with Gasteiger partial charge in [-0.3, -0.25) is 0 Å². The lowest BCUT2D eigenvalue weighted by atomic mass is 9.80. The van der Waals surface area contributed by atoms with Gasteiger partial charge in [0.05, 0.1) is 18.8 Å². The van der Waals surface area contributed by atoms with Crippen LogP contribution in [0.4, 0.5) is 0 Å². The molecule has 3 heterocycles. The summed E-state index contributed by atoms with van der Waals surface area (Å²) in [6.07, 6.45) is 5.68. The molecule has 0 saturated carbocycles. The Balaban J connectivity index is 1.67. The lowest BCUT2D eigenvalue weighted by Crippen LogP contribution is -2.34. The Labute approximate surface area is 120 Å². The summed E-state index contributed by atoms with van der Waals surface area (Å²) in [5.74, 6) is 1.74. The van der Waals surface area contributed by atoms with Crippen molar-refractivity contribution in [3.63, 3.8) is 0 Å². The molecule has 1 aromatic rings. The van der Waals surface area contributed by atoms with Gasteiger partial charge in [-0.15, -0.1) is 0 Å². The summed E-state index contributed by atoms with van der Waals surface area (Å²) in [5.41, 5.74) is 2.72. The van der Waals surface area contributed by atoms with Crippen LogP contribution in [0.3, 0.4) is 0 Å². The molecule has 1 aromatic carbocycles. The van der Waals surface area contributed by atoms with E-state index in [4.69, 9.17) is 9.47 Å². The third-order valence-corrected chi connectivity index (χ3v) is 5.09. The quantitative estimate of drug-likeness (QED) is 0.915. The molecule has 0 amide bonds. The third-order valence-electron chi connectivity index (χ3n) is 5.09. The fourth-order valence-corrected chi connectivity index (χ4v) is 4.23. The standard InChI is InChI=1S/C17H23NO2/c1-2-18-16(14-10-12-6-7-15(14)20-12)13-5-3-4-11-8-9-19-17(11)13/h3-5,12,14-16,18H,2,6-10H2,1H3. The van der Waals surface area contributed by atoms with Crippen molar-refractivity contribution in [3.05, 3.63) is 29.3 Å². The second-order valence-electron chi connectivity index (χ2n) is 6.24. The topological polar surface area (TPSA) is 30.5 Å². The van der Waals surface area contributed by atoms with E-state index < -0.39 is 0 Å². The molecule has 0 aromatic heterocycles. The van der Waals surface area contributed by atoms with Gasteiger partial charge in [0.25, 0.3) is 0 Å². The normalized spacial score (nSPS) is 32.1. The van der Waals surface area contributed by atoms with Crippen LogP contribution in [-0.4, -0.2) is 25.4 Å². The second-order valence-corrected chi connectivity index (χ2v) is 6.24. The van der Waals surface area contributed by atoms with E-state index in [1.165, 1.54) is 30.4 Å². The summed E-state index contributed by atoms with van der Waals surface area (Å²) >= 11 is 0. The molecular formula is C17H23NO2. The highest BCUT2D eigenvalue weighted by molar-refractivity contribution is 5.46. The molecule has 0 spiro atoms. The second kappa shape index (κ2) is 5.05. The number of rotatable bonds is 4. The van der Waals surface area contributed by atoms with Crippen molar-refractivity contribution in [2.75, 3.05) is 13.2 Å². The van der Waals surface area contributed by atoms with Gasteiger partial charge in [0.2, 0.25) is 0 Å². The largest absolute Gasteiger partial charge is 0.493 e. The van der Waals surface area contributed by atoms with Gasteiger partial charge < -0.3 is 14.8 Å². The predicted octanol–water partition coefficient (Wildman–Crippen LogP) is 2.84. The van der Waals surface area contributed by atoms with Gasteiger partial charge in [-0.1, -0.05) is 25.1 Å². The summed E-state index contributed by atoms with van der Waals surface area (Å²) < 4.78 is 12.0. The SMILES string of the molecule is CCNC(c1cccc2c1OCC2)C1CC2CCC1O2. The Morgan fingerprint density at radius 1 is 1.35 bits per heavy atom. The summed E-state index contributed by atoms with van der Waals surface area (Å²) in [6, 6.07) is 7.00. The first kappa shape index (κ1) is 12.7. The average molecular weight is 273 g/mol. The van der Waals surface area contributed by atoms with Gasteiger partial charge >= 0.3 is 0 Å². The number of hydrogen-bond acceptors (Lipinski definition) is 3. The molecule has 1 N–H and O–H groups in total. The molecule has 108 valence electrons. The lowest BCUT2D eigenvalue weighted by Gasteiger charge is -2.30. The van der Waals surface area contributed by atoms with E-state index in [0.717, 1.165) is 25.3 Å². The number of hydrogen-bond donors (Lipinski definition) is 1. The maximum atomic E-state index is 6.07. The molecule has 3 aliphatic rings. The molecule has 4 atom stereocenters. The van der Waals surface area contributed by atoms with Crippen molar-refractivity contribution < 1.29 is 9.47 Å². The van der Waals surface area contributed by atoms with Gasteiger partial charge in [0.15, 0.2) is 0 Å². The number of para-hydroxylation sites is 1. The van der Waals surface area contributed by atoms with Crippen LogP contribution < -0.4 is 10.1 Å². The Hall–Kier alpha value is -1.06. The Morgan fingerprint density at radius 2 is 2.30 bits per heavy atom. The Bertz CT molecular complexity index is 502. The summed E-state index contributed by atoms with van der Waals surface area (Å²) in [5, 5.41) is 3.70. The molecule has 4 rings (SSSR count). The fraction of sp³-hybridized carbons (Fsp3) is 0.647. The van der Waals surface area contributed by atoms with Crippen molar-refractivity contribution in [1.82, 2.24) is 5.32 Å². The number of ether oxygens (including phenoxy) is 2. The molecule has 2 bridgehead atoms. The van der Waals surface area contributed by atoms with Crippen LogP contribution in [0.2, 0.25) is 0 Å². The number of nitrogens with one attached hydrogen (secondary N) is 1. The minimum absolute atomic E-state index is 0.378. The third kappa shape index (κ3) is 1.95. The lowest BCUT2D eigenvalue weighted by molar-refractivity contribution is 0.0856. The van der Waals surface area contributed by atoms with Crippen molar-refractivity contribution in [1.29, 1.82) is 0 Å². The van der Waals surface area contributed by atoms with Crippen LogP contribution >= 0.6 is 0 Å². The van der Waals surface area contributed by atoms with E-state index in [1.807, 2.05) is 0 Å². The van der Waals surface area contributed by atoms with E-state index in [0.29, 0.717) is 24.2 Å². The maximum Gasteiger partial charge on any atom is 0.127 e. The number of fused-ring (bicyclic) bond motifs is 3. The molecule has 3 aliphatic heterocycles. The summed E-state index contributed by atoms with van der Waals surface area (Å²) in [4.78, 5) is 0. The van der Waals surface area contributed by atoms with Crippen molar-refractivity contribution >= 4 is 0 Å². The Kier molecular flexibility index (Phi) is 3.20. The predicted molar refractivity (Wildman–Crippen MR) is 78.1 cm³/mol. The highest BCUT2D eigenvalue weighted by atomic mass is 16.5. The van der Waals surface area contributed by atoms with Crippen molar-refractivity contribution in [2.45, 2.75) is 50.9 Å². The van der Waals surface area contributed by atoms with E-state index in [1.54, 1.807) is 0 Å². The Morgan fingerprint density at radius 3 is 3.05 bits per heavy atom. The van der Waals surface area contributed by atoms with E-state index >= 15 is 0 Å². The highest BCUT2D eigenvalue weighted by Crippen LogP contribution is 2.47. The summed E-state index contributed by atoms with van der Waals surface area (Å²) in [6.45, 7) is 4.01. The summed E-state index contributed by atoms with van der Waals surface area (Å²) in [7, 11) is 0. The molecule has 2 saturated heterocycles. The van der Waals surface area contributed by atoms with E-state index in [2.05, 4.69) is 30.4 Å². The van der Waals surface area contributed by atoms with Crippen LogP contribution in [-0.2, 0) is 11.2 Å². The monoisotopic (exact) mass is 273 g/mol. The van der Waals surface area contributed by atoms with E-state index in [9.17, 15) is 0 Å². The first-order valence-electron chi connectivity index (χ1n) is 8.00. The maximum absolute atomic E-state index is 6.07. The molecule has 20 heavy (non-hydrogen) atoms. The first-order valence-corrected chi connectivity index (χ1v) is 8.00. The molecule has 2 fully saturated rings. The molecule has 4 unspecified atom stereocenters. The molecule has 0 aliphatic carbocycles. The molecular weight excluding hydrogens is 250 g/mol. The van der Waals surface area contributed by atoms with Crippen LogP contribution in [0, 0.1) is 5.92 Å². The van der Waals surface area contributed by atoms with Gasteiger partial charge in [0.1, 0.15) is 5.75 Å². The zero-order valence-electron chi connectivity index (χ0n) is 12.1. The first-order chi connectivity index (χ1) is 9.86. The van der Waals surface area contributed by atoms with Crippen LogP contribution in [0.25, 0.3) is 0 Å². The zero-order chi connectivity index (χ0) is 13.5. The van der Waals surface area contributed by atoms with Gasteiger partial charge in [-0.2, -0.15) is 0 Å². The minimum Gasteiger partial charge on any atom is -0.493 e. The molecule has 3 heteroatoms. The van der Waals surface area contributed by atoms with Gasteiger partial charge in [-0.25, -0.2) is 0 Å². The fourth-order valence-electron chi connectivity index (χ4n) is 4.23. The molecule has 0 radical (unpaired) electrons. The van der Waals surface area contributed by atoms with Crippen LogP contribution in [0.1, 0.15) is 43.4 Å².